The van der Waals surface area contributed by atoms with E-state index in [0.717, 1.165) is 22.0 Å². The molecule has 184 valence electrons. The number of anilines is 1. The van der Waals surface area contributed by atoms with Crippen molar-refractivity contribution in [2.45, 2.75) is 37.9 Å². The van der Waals surface area contributed by atoms with Crippen LogP contribution in [-0.4, -0.2) is 28.3 Å². The first-order valence-corrected chi connectivity index (χ1v) is 11.6. The normalized spacial score (nSPS) is 18.1. The van der Waals surface area contributed by atoms with Crippen LogP contribution < -0.4 is 10.2 Å². The van der Waals surface area contributed by atoms with Gasteiger partial charge in [0, 0.05) is 42.7 Å². The van der Waals surface area contributed by atoms with Crippen LogP contribution in [0.4, 0.5) is 18.9 Å². The summed E-state index contributed by atoms with van der Waals surface area (Å²) in [6.45, 7) is 1.09. The quantitative estimate of drug-likeness (QED) is 0.390. The van der Waals surface area contributed by atoms with E-state index in [0.29, 0.717) is 19.2 Å². The predicted molar refractivity (Wildman–Crippen MR) is 131 cm³/mol. The lowest BCUT2D eigenvalue weighted by atomic mass is 9.99. The Morgan fingerprint density at radius 3 is 2.44 bits per heavy atom. The molecule has 1 aromatic heterocycles. The number of hydrogen-bond acceptors (Lipinski definition) is 2. The molecule has 3 aromatic carbocycles. The van der Waals surface area contributed by atoms with E-state index in [1.807, 2.05) is 65.4 Å². The maximum Gasteiger partial charge on any atom is 0.321 e. The van der Waals surface area contributed by atoms with Crippen LogP contribution in [-0.2, 0) is 16.1 Å². The molecule has 0 aliphatic carbocycles. The maximum absolute atomic E-state index is 13.6. The fourth-order valence-electron chi connectivity index (χ4n) is 4.76. The third-order valence-electron chi connectivity index (χ3n) is 6.48. The minimum atomic E-state index is -3.55. The van der Waals surface area contributed by atoms with E-state index in [4.69, 9.17) is 0 Å². The molecule has 0 spiro atoms. The molecule has 1 fully saturated rings. The van der Waals surface area contributed by atoms with E-state index in [-0.39, 0.29) is 18.1 Å². The lowest BCUT2D eigenvalue weighted by Crippen LogP contribution is -2.46. The van der Waals surface area contributed by atoms with Crippen LogP contribution in [0.1, 0.15) is 30.5 Å². The van der Waals surface area contributed by atoms with Crippen molar-refractivity contribution in [3.05, 3.63) is 102 Å². The number of benzene rings is 3. The molecule has 2 atom stereocenters. The van der Waals surface area contributed by atoms with E-state index in [1.54, 1.807) is 17.0 Å². The number of carbonyl (C=O) groups is 2. The van der Waals surface area contributed by atoms with Gasteiger partial charge in [-0.3, -0.25) is 9.59 Å². The molecule has 2 unspecified atom stereocenters. The van der Waals surface area contributed by atoms with Gasteiger partial charge in [0.15, 0.2) is 0 Å². The molecule has 5 nitrogen and oxygen atoms in total. The molecule has 36 heavy (non-hydrogen) atoms. The molecule has 5 rings (SSSR count). The lowest BCUT2D eigenvalue weighted by molar-refractivity contribution is -0.143. The van der Waals surface area contributed by atoms with Crippen molar-refractivity contribution in [1.82, 2.24) is 9.88 Å². The average Bonchev–Trinajstić information content (AvgIpc) is 3.40. The Hall–Kier alpha value is -4.07. The second kappa shape index (κ2) is 9.18. The van der Waals surface area contributed by atoms with Gasteiger partial charge in [-0.05, 0) is 47.5 Å². The summed E-state index contributed by atoms with van der Waals surface area (Å²) in [6.07, 6.45) is 1.83. The van der Waals surface area contributed by atoms with Gasteiger partial charge in [0.1, 0.15) is 5.82 Å². The highest BCUT2D eigenvalue weighted by molar-refractivity contribution is 6.00. The van der Waals surface area contributed by atoms with Gasteiger partial charge in [-0.2, -0.15) is 8.78 Å². The van der Waals surface area contributed by atoms with Crippen molar-refractivity contribution in [3.63, 3.8) is 0 Å². The molecule has 4 aromatic rings. The van der Waals surface area contributed by atoms with Gasteiger partial charge in [-0.1, -0.05) is 42.5 Å². The zero-order valence-corrected chi connectivity index (χ0v) is 19.5. The number of rotatable bonds is 6. The molecule has 2 heterocycles. The molecule has 0 radical (unpaired) electrons. The summed E-state index contributed by atoms with van der Waals surface area (Å²) >= 11 is 0. The predicted octanol–water partition coefficient (Wildman–Crippen LogP) is 5.45. The third-order valence-corrected chi connectivity index (χ3v) is 6.48. The molecule has 1 aliphatic rings. The van der Waals surface area contributed by atoms with E-state index < -0.39 is 23.9 Å². The number of alkyl halides is 2. The molecule has 2 amide bonds. The minimum absolute atomic E-state index is 0.0923. The topological polar surface area (TPSA) is 54.3 Å². The van der Waals surface area contributed by atoms with Crippen LogP contribution >= 0.6 is 0 Å². The van der Waals surface area contributed by atoms with Crippen LogP contribution in [0.15, 0.2) is 85.1 Å². The molecule has 0 bridgehead atoms. The van der Waals surface area contributed by atoms with Crippen LogP contribution in [0.5, 0.6) is 0 Å². The Labute approximate surface area is 206 Å². The van der Waals surface area contributed by atoms with Gasteiger partial charge in [0.05, 0.1) is 12.1 Å². The Kier molecular flexibility index (Phi) is 6.04. The first-order valence-electron chi connectivity index (χ1n) is 11.6. The summed E-state index contributed by atoms with van der Waals surface area (Å²) in [5.41, 5.74) is 3.23. The number of nitrogens with zero attached hydrogens (tertiary/aromatic N) is 2. The molecule has 1 saturated heterocycles. The van der Waals surface area contributed by atoms with Crippen molar-refractivity contribution in [3.8, 4) is 0 Å². The molecule has 8 heteroatoms. The molecular formula is C28H24F3N3O2. The first kappa shape index (κ1) is 23.7. The number of fused-ring (bicyclic) bond motifs is 1. The summed E-state index contributed by atoms with van der Waals surface area (Å²) in [4.78, 5) is 26.8. The first-order chi connectivity index (χ1) is 17.2. The van der Waals surface area contributed by atoms with Crippen molar-refractivity contribution in [1.29, 1.82) is 0 Å². The van der Waals surface area contributed by atoms with Crippen LogP contribution in [0.2, 0.25) is 0 Å². The Bertz CT molecular complexity index is 1410. The van der Waals surface area contributed by atoms with Gasteiger partial charge in [0.2, 0.25) is 5.91 Å². The van der Waals surface area contributed by atoms with Gasteiger partial charge in [0.25, 0.3) is 5.91 Å². The fraction of sp³-hybridized carbons (Fsp3) is 0.214. The maximum atomic E-state index is 13.6. The highest BCUT2D eigenvalue weighted by atomic mass is 19.3. The van der Waals surface area contributed by atoms with E-state index >= 15 is 0 Å². The number of amides is 2. The number of aromatic nitrogens is 1. The molecule has 1 N–H and O–H groups in total. The van der Waals surface area contributed by atoms with Crippen LogP contribution in [0.3, 0.4) is 0 Å². The summed E-state index contributed by atoms with van der Waals surface area (Å²) in [6, 6.07) is 21.5. The Morgan fingerprint density at radius 1 is 1.03 bits per heavy atom. The zero-order valence-electron chi connectivity index (χ0n) is 19.5. The second-order valence-electron chi connectivity index (χ2n) is 9.10. The molecule has 1 aliphatic heterocycles. The smallest absolute Gasteiger partial charge is 0.321 e. The zero-order chi connectivity index (χ0) is 25.4. The largest absolute Gasteiger partial charge is 0.345 e. The van der Waals surface area contributed by atoms with E-state index in [1.165, 1.54) is 12.1 Å². The standard InChI is InChI=1S/C28H24F3N3O2/c1-28(30,31)27(36)32-23-16-25(35)34(26(23)19-5-3-2-4-6-19)22-11-12-24-20(15-22)13-14-33(24)17-18-7-9-21(29)10-8-18/h2-15,23,26H,16-17H2,1H3,(H,32,36). The number of halogens is 3. The number of hydrogen-bond donors (Lipinski definition) is 1. The highest BCUT2D eigenvalue weighted by Gasteiger charge is 2.45. The fourth-order valence-corrected chi connectivity index (χ4v) is 4.76. The monoisotopic (exact) mass is 491 g/mol. The summed E-state index contributed by atoms with van der Waals surface area (Å²) in [5.74, 6) is -5.51. The number of carbonyl (C=O) groups excluding carboxylic acids is 2. The van der Waals surface area contributed by atoms with Crippen LogP contribution in [0, 0.1) is 5.82 Å². The molecule has 0 saturated carbocycles. The van der Waals surface area contributed by atoms with Gasteiger partial charge in [-0.15, -0.1) is 0 Å². The van der Waals surface area contributed by atoms with Crippen molar-refractivity contribution < 1.29 is 22.8 Å². The van der Waals surface area contributed by atoms with Gasteiger partial charge < -0.3 is 14.8 Å². The van der Waals surface area contributed by atoms with Crippen molar-refractivity contribution in [2.24, 2.45) is 0 Å². The number of nitrogens with one attached hydrogen (secondary N) is 1. The third kappa shape index (κ3) is 4.58. The summed E-state index contributed by atoms with van der Waals surface area (Å²) in [5, 5.41) is 3.28. The van der Waals surface area contributed by atoms with Crippen LogP contribution in [0.25, 0.3) is 10.9 Å². The van der Waals surface area contributed by atoms with E-state index in [9.17, 15) is 22.8 Å². The van der Waals surface area contributed by atoms with Crippen molar-refractivity contribution in [2.75, 3.05) is 4.90 Å². The average molecular weight is 492 g/mol. The minimum Gasteiger partial charge on any atom is -0.345 e. The second-order valence-corrected chi connectivity index (χ2v) is 9.10. The highest BCUT2D eigenvalue weighted by Crippen LogP contribution is 2.39. The van der Waals surface area contributed by atoms with Gasteiger partial charge >= 0.3 is 5.92 Å². The van der Waals surface area contributed by atoms with Gasteiger partial charge in [-0.25, -0.2) is 4.39 Å². The van der Waals surface area contributed by atoms with E-state index in [2.05, 4.69) is 5.32 Å². The SMILES string of the molecule is CC(F)(F)C(=O)NC1CC(=O)N(c2ccc3c(ccn3Cc3ccc(F)cc3)c2)C1c1ccccc1. The van der Waals surface area contributed by atoms with Crippen molar-refractivity contribution >= 4 is 28.4 Å². The Balaban J connectivity index is 1.48. The molecular weight excluding hydrogens is 467 g/mol. The summed E-state index contributed by atoms with van der Waals surface area (Å²) in [7, 11) is 0. The lowest BCUT2D eigenvalue weighted by Gasteiger charge is -2.29. The Morgan fingerprint density at radius 2 is 1.75 bits per heavy atom. The summed E-state index contributed by atoms with van der Waals surface area (Å²) < 4.78 is 42.6.